The van der Waals surface area contributed by atoms with Gasteiger partial charge < -0.3 is 10.0 Å². The van der Waals surface area contributed by atoms with Gasteiger partial charge in [-0.2, -0.15) is 0 Å². The van der Waals surface area contributed by atoms with E-state index in [2.05, 4.69) is 9.97 Å². The molecule has 6 rings (SSSR count). The quantitative estimate of drug-likeness (QED) is 0.219. The van der Waals surface area contributed by atoms with Crippen LogP contribution >= 0.6 is 0 Å². The van der Waals surface area contributed by atoms with Crippen LogP contribution in [-0.2, 0) is 0 Å². The SMILES string of the molecule is CC(C)N(C)C(=O)c1cc2ccccc2c(-c2ccccc2F)n1.O=C(O)c1cc2ccccc2c(-c2ccccc2F)n1. The van der Waals surface area contributed by atoms with Crippen LogP contribution in [0.15, 0.2) is 109 Å². The maximum atomic E-state index is 14.3. The number of hydrogen-bond acceptors (Lipinski definition) is 4. The van der Waals surface area contributed by atoms with Crippen molar-refractivity contribution >= 4 is 33.4 Å². The number of hydrogen-bond donors (Lipinski definition) is 1. The van der Waals surface area contributed by atoms with Crippen molar-refractivity contribution in [2.45, 2.75) is 19.9 Å². The Morgan fingerprint density at radius 2 is 1.07 bits per heavy atom. The van der Waals surface area contributed by atoms with Crippen LogP contribution in [0.5, 0.6) is 0 Å². The molecule has 0 aliphatic rings. The Morgan fingerprint density at radius 1 is 0.659 bits per heavy atom. The Labute approximate surface area is 253 Å². The standard InChI is InChI=1S/C20H19FN2O.C16H10FNO2/c1-13(2)23(3)20(24)18-12-14-8-4-5-9-15(14)19(22-18)16-10-6-7-11-17(16)21;17-13-8-4-3-7-12(13)15-11-6-2-1-5-10(11)9-14(18-15)16(19)20/h4-13H,1-3H3;1-9H,(H,19,20). The molecule has 0 radical (unpaired) electrons. The fraction of sp³-hybridized carbons (Fsp3) is 0.111. The van der Waals surface area contributed by atoms with Gasteiger partial charge in [0.25, 0.3) is 5.91 Å². The van der Waals surface area contributed by atoms with Crippen molar-refractivity contribution in [3.05, 3.63) is 132 Å². The fourth-order valence-corrected chi connectivity index (χ4v) is 4.75. The minimum atomic E-state index is -1.13. The van der Waals surface area contributed by atoms with E-state index in [1.165, 1.54) is 18.2 Å². The third-order valence-electron chi connectivity index (χ3n) is 7.27. The lowest BCUT2D eigenvalue weighted by Crippen LogP contribution is -2.33. The predicted molar refractivity (Wildman–Crippen MR) is 168 cm³/mol. The zero-order valence-corrected chi connectivity index (χ0v) is 24.3. The molecule has 1 N–H and O–H groups in total. The van der Waals surface area contributed by atoms with Gasteiger partial charge in [-0.3, -0.25) is 4.79 Å². The zero-order chi connectivity index (χ0) is 31.4. The van der Waals surface area contributed by atoms with E-state index in [1.807, 2.05) is 44.2 Å². The average Bonchev–Trinajstić information content (AvgIpc) is 3.04. The summed E-state index contributed by atoms with van der Waals surface area (Å²) in [6.45, 7) is 3.88. The first kappa shape index (κ1) is 30.0. The number of aromatic carboxylic acids is 1. The molecular weight excluding hydrogens is 560 g/mol. The maximum Gasteiger partial charge on any atom is 0.354 e. The molecule has 220 valence electrons. The van der Waals surface area contributed by atoms with E-state index >= 15 is 0 Å². The smallest absolute Gasteiger partial charge is 0.354 e. The molecule has 0 spiro atoms. The van der Waals surface area contributed by atoms with Gasteiger partial charge in [0.05, 0.1) is 11.4 Å². The van der Waals surface area contributed by atoms with E-state index < -0.39 is 11.8 Å². The van der Waals surface area contributed by atoms with E-state index in [1.54, 1.807) is 72.6 Å². The third-order valence-corrected chi connectivity index (χ3v) is 7.27. The summed E-state index contributed by atoms with van der Waals surface area (Å²) in [7, 11) is 1.74. The molecule has 8 heteroatoms. The summed E-state index contributed by atoms with van der Waals surface area (Å²) >= 11 is 0. The van der Waals surface area contributed by atoms with Crippen molar-refractivity contribution in [2.24, 2.45) is 0 Å². The van der Waals surface area contributed by atoms with Crippen LogP contribution in [0.1, 0.15) is 34.8 Å². The summed E-state index contributed by atoms with van der Waals surface area (Å²) in [4.78, 5) is 34.0. The Bertz CT molecular complexity index is 2010. The number of carbonyl (C=O) groups is 2. The Hall–Kier alpha value is -5.50. The molecule has 2 aromatic heterocycles. The molecule has 0 saturated carbocycles. The molecule has 4 aromatic carbocycles. The normalized spacial score (nSPS) is 10.9. The van der Waals surface area contributed by atoms with Gasteiger partial charge in [0.2, 0.25) is 0 Å². The molecule has 6 nitrogen and oxygen atoms in total. The monoisotopic (exact) mass is 589 g/mol. The van der Waals surface area contributed by atoms with Gasteiger partial charge in [0, 0.05) is 35.0 Å². The number of amides is 1. The van der Waals surface area contributed by atoms with E-state index in [4.69, 9.17) is 5.11 Å². The number of nitrogens with zero attached hydrogens (tertiary/aromatic N) is 3. The van der Waals surface area contributed by atoms with Gasteiger partial charge >= 0.3 is 5.97 Å². The molecule has 0 aliphatic heterocycles. The van der Waals surface area contributed by atoms with Crippen LogP contribution in [0.25, 0.3) is 44.1 Å². The van der Waals surface area contributed by atoms with Crippen LogP contribution < -0.4 is 0 Å². The van der Waals surface area contributed by atoms with Crippen molar-refractivity contribution < 1.29 is 23.5 Å². The number of carboxylic acid groups (broad SMARTS) is 1. The molecule has 0 saturated heterocycles. The number of fused-ring (bicyclic) bond motifs is 2. The van der Waals surface area contributed by atoms with Gasteiger partial charge in [0.15, 0.2) is 0 Å². The average molecular weight is 590 g/mol. The van der Waals surface area contributed by atoms with Gasteiger partial charge in [0.1, 0.15) is 23.0 Å². The highest BCUT2D eigenvalue weighted by atomic mass is 19.1. The molecule has 0 aliphatic carbocycles. The Kier molecular flexibility index (Phi) is 8.71. The summed E-state index contributed by atoms with van der Waals surface area (Å²) in [5.74, 6) is -2.08. The van der Waals surface area contributed by atoms with E-state index in [0.717, 1.165) is 21.5 Å². The topological polar surface area (TPSA) is 83.4 Å². The second-order valence-corrected chi connectivity index (χ2v) is 10.4. The van der Waals surface area contributed by atoms with Gasteiger partial charge in [-0.1, -0.05) is 72.8 Å². The molecule has 0 unspecified atom stereocenters. The number of halogens is 2. The fourth-order valence-electron chi connectivity index (χ4n) is 4.75. The van der Waals surface area contributed by atoms with Gasteiger partial charge in [-0.05, 0) is 61.0 Å². The highest BCUT2D eigenvalue weighted by Gasteiger charge is 2.20. The second-order valence-electron chi connectivity index (χ2n) is 10.4. The molecular formula is C36H29F2N3O3. The molecule has 2 heterocycles. The number of carbonyl (C=O) groups excluding carboxylic acids is 1. The van der Waals surface area contributed by atoms with Crippen molar-refractivity contribution in [2.75, 3.05) is 7.05 Å². The largest absolute Gasteiger partial charge is 0.477 e. The first-order valence-corrected chi connectivity index (χ1v) is 14.0. The number of aromatic nitrogens is 2. The van der Waals surface area contributed by atoms with Gasteiger partial charge in [-0.15, -0.1) is 0 Å². The molecule has 1 amide bonds. The van der Waals surface area contributed by atoms with Crippen molar-refractivity contribution in [1.29, 1.82) is 0 Å². The highest BCUT2D eigenvalue weighted by molar-refractivity contribution is 6.02. The maximum absolute atomic E-state index is 14.3. The number of benzene rings is 4. The lowest BCUT2D eigenvalue weighted by atomic mass is 10.0. The van der Waals surface area contributed by atoms with Crippen LogP contribution in [0.2, 0.25) is 0 Å². The van der Waals surface area contributed by atoms with Crippen LogP contribution in [0.4, 0.5) is 8.78 Å². The minimum absolute atomic E-state index is 0.0580. The molecule has 0 bridgehead atoms. The minimum Gasteiger partial charge on any atom is -0.477 e. The second kappa shape index (κ2) is 12.8. The number of carboxylic acids is 1. The first-order chi connectivity index (χ1) is 21.2. The van der Waals surface area contributed by atoms with Crippen molar-refractivity contribution in [3.8, 4) is 22.5 Å². The van der Waals surface area contributed by atoms with Crippen molar-refractivity contribution in [3.63, 3.8) is 0 Å². The number of rotatable bonds is 5. The predicted octanol–water partition coefficient (Wildman–Crippen LogP) is 8.26. The van der Waals surface area contributed by atoms with Crippen LogP contribution in [-0.4, -0.2) is 44.9 Å². The summed E-state index contributed by atoms with van der Waals surface area (Å²) < 4.78 is 28.2. The molecule has 0 fully saturated rings. The van der Waals surface area contributed by atoms with Crippen molar-refractivity contribution in [1.82, 2.24) is 14.9 Å². The first-order valence-electron chi connectivity index (χ1n) is 14.0. The van der Waals surface area contributed by atoms with Crippen LogP contribution in [0, 0.1) is 11.6 Å². The molecule has 0 atom stereocenters. The molecule has 44 heavy (non-hydrogen) atoms. The summed E-state index contributed by atoms with van der Waals surface area (Å²) in [6, 6.07) is 30.8. The lowest BCUT2D eigenvalue weighted by Gasteiger charge is -2.21. The summed E-state index contributed by atoms with van der Waals surface area (Å²) in [5.41, 5.74) is 1.76. The van der Waals surface area contributed by atoms with E-state index in [9.17, 15) is 18.4 Å². The Balaban J connectivity index is 0.000000177. The highest BCUT2D eigenvalue weighted by Crippen LogP contribution is 2.31. The zero-order valence-electron chi connectivity index (χ0n) is 24.3. The Morgan fingerprint density at radius 3 is 1.52 bits per heavy atom. The van der Waals surface area contributed by atoms with E-state index in [0.29, 0.717) is 28.2 Å². The number of pyridine rings is 2. The summed E-state index contributed by atoms with van der Waals surface area (Å²) in [6.07, 6.45) is 0. The van der Waals surface area contributed by atoms with Crippen LogP contribution in [0.3, 0.4) is 0 Å². The third kappa shape index (κ3) is 6.15. The summed E-state index contributed by atoms with van der Waals surface area (Å²) in [5, 5.41) is 12.3. The molecule has 6 aromatic rings. The lowest BCUT2D eigenvalue weighted by molar-refractivity contribution is 0.0689. The van der Waals surface area contributed by atoms with E-state index in [-0.39, 0.29) is 23.5 Å². The van der Waals surface area contributed by atoms with Gasteiger partial charge in [-0.25, -0.2) is 23.5 Å².